The molecule has 2 aromatic rings. The fourth-order valence-corrected chi connectivity index (χ4v) is 2.98. The van der Waals surface area contributed by atoms with E-state index in [-0.39, 0.29) is 6.54 Å². The highest BCUT2D eigenvalue weighted by Gasteiger charge is 2.11. The first-order valence-electron chi connectivity index (χ1n) is 8.16. The molecule has 126 valence electrons. The molecular formula is C19H23N3O2. The summed E-state index contributed by atoms with van der Waals surface area (Å²) in [5.41, 5.74) is 10.4. The maximum Gasteiger partial charge on any atom is 0.193 e. The number of ether oxygens (including phenoxy) is 1. The largest absolute Gasteiger partial charge is 0.497 e. The van der Waals surface area contributed by atoms with Crippen LogP contribution in [0.4, 0.5) is 5.69 Å². The number of aryl methyl sites for hydroxylation is 2. The van der Waals surface area contributed by atoms with Crippen molar-refractivity contribution in [2.24, 2.45) is 10.7 Å². The van der Waals surface area contributed by atoms with Crippen LogP contribution in [0.2, 0.25) is 0 Å². The number of nitrogens with one attached hydrogen (secondary N) is 1. The first-order chi connectivity index (χ1) is 11.7. The second-order valence-electron chi connectivity index (χ2n) is 5.98. The number of benzene rings is 2. The van der Waals surface area contributed by atoms with Crippen molar-refractivity contribution in [2.75, 3.05) is 19.0 Å². The smallest absolute Gasteiger partial charge is 0.193 e. The van der Waals surface area contributed by atoms with Crippen LogP contribution in [-0.2, 0) is 12.8 Å². The van der Waals surface area contributed by atoms with Crippen molar-refractivity contribution in [3.8, 4) is 5.75 Å². The molecule has 0 amide bonds. The van der Waals surface area contributed by atoms with Gasteiger partial charge in [-0.25, -0.2) is 0 Å². The minimum absolute atomic E-state index is 0.191. The van der Waals surface area contributed by atoms with Crippen LogP contribution >= 0.6 is 0 Å². The van der Waals surface area contributed by atoms with Gasteiger partial charge in [0, 0.05) is 5.69 Å². The van der Waals surface area contributed by atoms with Gasteiger partial charge in [-0.05, 0) is 60.2 Å². The van der Waals surface area contributed by atoms with E-state index in [9.17, 15) is 5.11 Å². The molecule has 1 aliphatic carbocycles. The molecule has 0 heterocycles. The Bertz CT molecular complexity index is 743. The van der Waals surface area contributed by atoms with E-state index in [0.717, 1.165) is 24.1 Å². The normalized spacial score (nSPS) is 15.0. The number of nitrogens with zero attached hydrogens (tertiary/aromatic N) is 1. The van der Waals surface area contributed by atoms with Gasteiger partial charge in [0.25, 0.3) is 0 Å². The number of guanidine groups is 1. The zero-order valence-corrected chi connectivity index (χ0v) is 13.8. The summed E-state index contributed by atoms with van der Waals surface area (Å²) in [5.74, 6) is 1.01. The SMILES string of the molecule is COc1cccc(C(O)CN=C(N)Nc2ccc3c(c2)CCC3)c1. The van der Waals surface area contributed by atoms with Gasteiger partial charge < -0.3 is 20.9 Å². The fourth-order valence-electron chi connectivity index (χ4n) is 2.98. The Morgan fingerprint density at radius 2 is 2.08 bits per heavy atom. The number of hydrogen-bond acceptors (Lipinski definition) is 3. The van der Waals surface area contributed by atoms with Crippen LogP contribution in [-0.4, -0.2) is 24.7 Å². The van der Waals surface area contributed by atoms with Gasteiger partial charge in [0.05, 0.1) is 19.8 Å². The molecule has 3 rings (SSSR count). The van der Waals surface area contributed by atoms with Gasteiger partial charge in [-0.1, -0.05) is 18.2 Å². The first kappa shape index (κ1) is 16.3. The third-order valence-electron chi connectivity index (χ3n) is 4.28. The summed E-state index contributed by atoms with van der Waals surface area (Å²) in [4.78, 5) is 4.24. The number of fused-ring (bicyclic) bond motifs is 1. The van der Waals surface area contributed by atoms with E-state index in [1.165, 1.54) is 17.5 Å². The van der Waals surface area contributed by atoms with Crippen molar-refractivity contribution in [1.29, 1.82) is 0 Å². The molecule has 0 aliphatic heterocycles. The number of rotatable bonds is 5. The molecule has 0 bridgehead atoms. The summed E-state index contributed by atoms with van der Waals surface area (Å²) < 4.78 is 5.16. The van der Waals surface area contributed by atoms with Crippen molar-refractivity contribution in [3.63, 3.8) is 0 Å². The van der Waals surface area contributed by atoms with Crippen LogP contribution in [0.5, 0.6) is 5.75 Å². The Morgan fingerprint density at radius 3 is 2.92 bits per heavy atom. The lowest BCUT2D eigenvalue weighted by Gasteiger charge is -2.11. The highest BCUT2D eigenvalue weighted by molar-refractivity contribution is 5.92. The average Bonchev–Trinajstić information content (AvgIpc) is 3.07. The molecule has 5 heteroatoms. The molecule has 0 fully saturated rings. The maximum atomic E-state index is 10.2. The van der Waals surface area contributed by atoms with E-state index < -0.39 is 6.10 Å². The Balaban J connectivity index is 1.61. The lowest BCUT2D eigenvalue weighted by atomic mass is 10.1. The average molecular weight is 325 g/mol. The van der Waals surface area contributed by atoms with Crippen molar-refractivity contribution in [2.45, 2.75) is 25.4 Å². The maximum absolute atomic E-state index is 10.2. The molecule has 2 aromatic carbocycles. The summed E-state index contributed by atoms with van der Waals surface area (Å²) in [7, 11) is 1.60. The van der Waals surface area contributed by atoms with E-state index in [0.29, 0.717) is 11.7 Å². The van der Waals surface area contributed by atoms with E-state index >= 15 is 0 Å². The van der Waals surface area contributed by atoms with Crippen molar-refractivity contribution < 1.29 is 9.84 Å². The number of anilines is 1. The third-order valence-corrected chi connectivity index (χ3v) is 4.28. The van der Waals surface area contributed by atoms with Crippen LogP contribution in [0.1, 0.15) is 29.2 Å². The number of methoxy groups -OCH3 is 1. The van der Waals surface area contributed by atoms with Gasteiger partial charge in [0.15, 0.2) is 5.96 Å². The third kappa shape index (κ3) is 3.86. The van der Waals surface area contributed by atoms with Crippen LogP contribution in [0, 0.1) is 0 Å². The molecule has 1 aliphatic rings. The zero-order valence-electron chi connectivity index (χ0n) is 13.8. The second-order valence-corrected chi connectivity index (χ2v) is 5.98. The van der Waals surface area contributed by atoms with Crippen LogP contribution < -0.4 is 15.8 Å². The van der Waals surface area contributed by atoms with Gasteiger partial charge in [0.2, 0.25) is 0 Å². The van der Waals surface area contributed by atoms with E-state index in [1.54, 1.807) is 13.2 Å². The van der Waals surface area contributed by atoms with Crippen molar-refractivity contribution in [3.05, 3.63) is 59.2 Å². The van der Waals surface area contributed by atoms with Gasteiger partial charge in [0.1, 0.15) is 5.75 Å². The molecule has 24 heavy (non-hydrogen) atoms. The van der Waals surface area contributed by atoms with Crippen LogP contribution in [0.25, 0.3) is 0 Å². The number of aliphatic hydroxyl groups is 1. The molecule has 1 unspecified atom stereocenters. The van der Waals surface area contributed by atoms with Gasteiger partial charge in [-0.15, -0.1) is 0 Å². The highest BCUT2D eigenvalue weighted by atomic mass is 16.5. The number of nitrogens with two attached hydrogens (primary N) is 1. The van der Waals surface area contributed by atoms with Crippen LogP contribution in [0.3, 0.4) is 0 Å². The zero-order chi connectivity index (χ0) is 16.9. The minimum Gasteiger partial charge on any atom is -0.497 e. The molecule has 1 atom stereocenters. The molecule has 0 aromatic heterocycles. The second kappa shape index (κ2) is 7.36. The molecule has 0 radical (unpaired) electrons. The van der Waals surface area contributed by atoms with E-state index in [2.05, 4.69) is 22.4 Å². The van der Waals surface area contributed by atoms with Crippen molar-refractivity contribution in [1.82, 2.24) is 0 Å². The van der Waals surface area contributed by atoms with E-state index in [1.807, 2.05) is 24.3 Å². The lowest BCUT2D eigenvalue weighted by Crippen LogP contribution is -2.23. The summed E-state index contributed by atoms with van der Waals surface area (Å²) in [6, 6.07) is 13.6. The Labute approximate surface area is 142 Å². The summed E-state index contributed by atoms with van der Waals surface area (Å²) in [6.45, 7) is 0.191. The molecule has 0 spiro atoms. The molecular weight excluding hydrogens is 302 g/mol. The fraction of sp³-hybridized carbons (Fsp3) is 0.316. The predicted molar refractivity (Wildman–Crippen MR) is 96.5 cm³/mol. The number of aliphatic imine (C=N–C) groups is 1. The topological polar surface area (TPSA) is 79.9 Å². The molecule has 5 nitrogen and oxygen atoms in total. The lowest BCUT2D eigenvalue weighted by molar-refractivity contribution is 0.187. The summed E-state index contributed by atoms with van der Waals surface area (Å²) in [5, 5.41) is 13.3. The standard InChI is InChI=1S/C19H23N3O2/c1-24-17-7-3-6-15(11-17)18(23)12-21-19(20)22-16-9-8-13-4-2-5-14(13)10-16/h3,6-11,18,23H,2,4-5,12H2,1H3,(H3,20,21,22). The molecule has 0 saturated carbocycles. The van der Waals surface area contributed by atoms with Gasteiger partial charge in [-0.2, -0.15) is 0 Å². The van der Waals surface area contributed by atoms with Gasteiger partial charge in [-0.3, -0.25) is 4.99 Å². The summed E-state index contributed by atoms with van der Waals surface area (Å²) >= 11 is 0. The van der Waals surface area contributed by atoms with Crippen molar-refractivity contribution >= 4 is 11.6 Å². The summed E-state index contributed by atoms with van der Waals surface area (Å²) in [6.07, 6.45) is 2.78. The first-order valence-corrected chi connectivity index (χ1v) is 8.16. The van der Waals surface area contributed by atoms with Crippen LogP contribution in [0.15, 0.2) is 47.5 Å². The monoisotopic (exact) mass is 325 g/mol. The highest BCUT2D eigenvalue weighted by Crippen LogP contribution is 2.25. The minimum atomic E-state index is -0.722. The Hall–Kier alpha value is -2.53. The van der Waals surface area contributed by atoms with Gasteiger partial charge >= 0.3 is 0 Å². The Kier molecular flexibility index (Phi) is 5.01. The molecule has 4 N–H and O–H groups in total. The number of hydrogen-bond donors (Lipinski definition) is 3. The quantitative estimate of drug-likeness (QED) is 0.583. The predicted octanol–water partition coefficient (Wildman–Crippen LogP) is 2.64. The van der Waals surface area contributed by atoms with E-state index in [4.69, 9.17) is 10.5 Å². The number of aliphatic hydroxyl groups excluding tert-OH is 1. The molecule has 0 saturated heterocycles. The Morgan fingerprint density at radius 1 is 1.25 bits per heavy atom.